The van der Waals surface area contributed by atoms with Gasteiger partial charge < -0.3 is 9.64 Å². The van der Waals surface area contributed by atoms with Crippen LogP contribution in [0.2, 0.25) is 0 Å². The Morgan fingerprint density at radius 1 is 0.622 bits per heavy atom. The molecule has 192 valence electrons. The molecule has 0 bridgehead atoms. The van der Waals surface area contributed by atoms with Crippen LogP contribution in [0.3, 0.4) is 0 Å². The standard InChI is InChI=1S/C34H40N2O/c1-4-5-6-7-8-9-15-24-37-34-19-14-13-18-31(34)33-26-29(27-20-22-30(23-21-27)36(2)3)25-32(35-33)28-16-11-10-12-17-28/h10-14,16-23,25-26H,4-9,15,24H2,1-3H3. The van der Waals surface area contributed by atoms with Crippen LogP contribution < -0.4 is 9.64 Å². The van der Waals surface area contributed by atoms with Crippen molar-refractivity contribution in [1.29, 1.82) is 0 Å². The van der Waals surface area contributed by atoms with Crippen molar-refractivity contribution in [2.24, 2.45) is 0 Å². The lowest BCUT2D eigenvalue weighted by molar-refractivity contribution is 0.305. The number of aromatic nitrogens is 1. The van der Waals surface area contributed by atoms with Gasteiger partial charge in [0.2, 0.25) is 0 Å². The summed E-state index contributed by atoms with van der Waals surface area (Å²) in [6.07, 6.45) is 8.93. The lowest BCUT2D eigenvalue weighted by Gasteiger charge is -2.15. The Morgan fingerprint density at radius 2 is 1.27 bits per heavy atom. The zero-order valence-corrected chi connectivity index (χ0v) is 22.6. The lowest BCUT2D eigenvalue weighted by atomic mass is 9.99. The quantitative estimate of drug-likeness (QED) is 0.174. The lowest BCUT2D eigenvalue weighted by Crippen LogP contribution is -2.07. The van der Waals surface area contributed by atoms with Crippen LogP contribution >= 0.6 is 0 Å². The van der Waals surface area contributed by atoms with Gasteiger partial charge in [0.25, 0.3) is 0 Å². The fraction of sp³-hybridized carbons (Fsp3) is 0.324. The highest BCUT2D eigenvalue weighted by molar-refractivity contribution is 5.79. The summed E-state index contributed by atoms with van der Waals surface area (Å²) in [7, 11) is 4.13. The molecule has 0 saturated heterocycles. The van der Waals surface area contributed by atoms with Crippen LogP contribution in [-0.2, 0) is 0 Å². The molecule has 0 aliphatic heterocycles. The number of unbranched alkanes of at least 4 members (excludes halogenated alkanes) is 6. The van der Waals surface area contributed by atoms with E-state index >= 15 is 0 Å². The number of nitrogens with zero attached hydrogens (tertiary/aromatic N) is 2. The Balaban J connectivity index is 1.59. The number of hydrogen-bond acceptors (Lipinski definition) is 3. The van der Waals surface area contributed by atoms with E-state index in [4.69, 9.17) is 9.72 Å². The Morgan fingerprint density at radius 3 is 2.00 bits per heavy atom. The minimum atomic E-state index is 0.738. The van der Waals surface area contributed by atoms with E-state index in [1.807, 2.05) is 12.1 Å². The van der Waals surface area contributed by atoms with E-state index in [0.717, 1.165) is 46.9 Å². The summed E-state index contributed by atoms with van der Waals surface area (Å²) in [5, 5.41) is 0. The molecule has 1 aromatic heterocycles. The van der Waals surface area contributed by atoms with E-state index < -0.39 is 0 Å². The van der Waals surface area contributed by atoms with Crippen molar-refractivity contribution >= 4 is 5.69 Å². The predicted octanol–water partition coefficient (Wildman–Crippen LogP) is 9.28. The topological polar surface area (TPSA) is 25.4 Å². The molecular weight excluding hydrogens is 452 g/mol. The maximum Gasteiger partial charge on any atom is 0.128 e. The van der Waals surface area contributed by atoms with Crippen LogP contribution in [0.5, 0.6) is 5.75 Å². The Labute approximate surface area is 223 Å². The van der Waals surface area contributed by atoms with Gasteiger partial charge in [0.1, 0.15) is 5.75 Å². The van der Waals surface area contributed by atoms with Crippen LogP contribution in [0.25, 0.3) is 33.6 Å². The molecule has 0 aliphatic rings. The molecule has 0 saturated carbocycles. The molecule has 3 nitrogen and oxygen atoms in total. The van der Waals surface area contributed by atoms with Crippen molar-refractivity contribution in [3.8, 4) is 39.4 Å². The third-order valence-electron chi connectivity index (χ3n) is 6.78. The second kappa shape index (κ2) is 13.6. The first-order valence-corrected chi connectivity index (χ1v) is 13.7. The molecule has 0 radical (unpaired) electrons. The van der Waals surface area contributed by atoms with Crippen LogP contribution in [-0.4, -0.2) is 25.7 Å². The largest absolute Gasteiger partial charge is 0.493 e. The van der Waals surface area contributed by atoms with Gasteiger partial charge in [-0.1, -0.05) is 100 Å². The van der Waals surface area contributed by atoms with Gasteiger partial charge in [-0.2, -0.15) is 0 Å². The van der Waals surface area contributed by atoms with Gasteiger partial charge in [-0.25, -0.2) is 4.98 Å². The molecule has 4 rings (SSSR count). The molecule has 0 atom stereocenters. The summed E-state index contributed by atoms with van der Waals surface area (Å²) in [6, 6.07) is 31.8. The number of ether oxygens (including phenoxy) is 1. The SMILES string of the molecule is CCCCCCCCCOc1ccccc1-c1cc(-c2ccc(N(C)C)cc2)cc(-c2ccccc2)n1. The number of hydrogen-bond donors (Lipinski definition) is 0. The summed E-state index contributed by atoms with van der Waals surface area (Å²) in [6.45, 7) is 3.00. The average molecular weight is 493 g/mol. The molecule has 4 aromatic rings. The highest BCUT2D eigenvalue weighted by atomic mass is 16.5. The van der Waals surface area contributed by atoms with E-state index in [1.54, 1.807) is 0 Å². The first-order chi connectivity index (χ1) is 18.2. The highest BCUT2D eigenvalue weighted by Gasteiger charge is 2.13. The monoisotopic (exact) mass is 492 g/mol. The molecule has 0 fully saturated rings. The van der Waals surface area contributed by atoms with Crippen molar-refractivity contribution in [3.63, 3.8) is 0 Å². The molecule has 0 aliphatic carbocycles. The molecule has 0 N–H and O–H groups in total. The van der Waals surface area contributed by atoms with Crippen molar-refractivity contribution < 1.29 is 4.74 Å². The van der Waals surface area contributed by atoms with Gasteiger partial charge >= 0.3 is 0 Å². The van der Waals surface area contributed by atoms with E-state index in [0.29, 0.717) is 0 Å². The fourth-order valence-electron chi connectivity index (χ4n) is 4.59. The first kappa shape index (κ1) is 26.5. The van der Waals surface area contributed by atoms with Crippen molar-refractivity contribution in [1.82, 2.24) is 4.98 Å². The molecule has 0 amide bonds. The number of pyridine rings is 1. The average Bonchev–Trinajstić information content (AvgIpc) is 2.95. The van der Waals surface area contributed by atoms with E-state index in [9.17, 15) is 0 Å². The summed E-state index contributed by atoms with van der Waals surface area (Å²) >= 11 is 0. The van der Waals surface area contributed by atoms with E-state index in [2.05, 4.69) is 105 Å². The highest BCUT2D eigenvalue weighted by Crippen LogP contribution is 2.35. The molecule has 37 heavy (non-hydrogen) atoms. The molecule has 3 heteroatoms. The van der Waals surface area contributed by atoms with Gasteiger partial charge in [0.15, 0.2) is 0 Å². The van der Waals surface area contributed by atoms with Crippen LogP contribution in [0.4, 0.5) is 5.69 Å². The molecule has 3 aromatic carbocycles. The molecule has 0 spiro atoms. The molecular formula is C34H40N2O. The van der Waals surface area contributed by atoms with Crippen molar-refractivity contribution in [3.05, 3.63) is 91.0 Å². The number of benzene rings is 3. The summed E-state index contributed by atoms with van der Waals surface area (Å²) in [4.78, 5) is 7.22. The van der Waals surface area contributed by atoms with E-state index in [-0.39, 0.29) is 0 Å². The third kappa shape index (κ3) is 7.45. The Bertz CT molecular complexity index is 1230. The van der Waals surface area contributed by atoms with Crippen LogP contribution in [0.15, 0.2) is 91.0 Å². The molecule has 1 heterocycles. The number of anilines is 1. The van der Waals surface area contributed by atoms with Gasteiger partial charge in [-0.3, -0.25) is 0 Å². The number of rotatable bonds is 13. The zero-order valence-electron chi connectivity index (χ0n) is 22.6. The van der Waals surface area contributed by atoms with Crippen molar-refractivity contribution in [2.45, 2.75) is 51.9 Å². The van der Waals surface area contributed by atoms with Gasteiger partial charge in [-0.15, -0.1) is 0 Å². The van der Waals surface area contributed by atoms with Gasteiger partial charge in [0, 0.05) is 30.9 Å². The minimum absolute atomic E-state index is 0.738. The smallest absolute Gasteiger partial charge is 0.128 e. The van der Waals surface area contributed by atoms with Gasteiger partial charge in [0.05, 0.1) is 18.0 Å². The third-order valence-corrected chi connectivity index (χ3v) is 6.78. The predicted molar refractivity (Wildman–Crippen MR) is 158 cm³/mol. The zero-order chi connectivity index (χ0) is 25.9. The second-order valence-electron chi connectivity index (χ2n) is 9.90. The van der Waals surface area contributed by atoms with Crippen LogP contribution in [0.1, 0.15) is 51.9 Å². The summed E-state index contributed by atoms with van der Waals surface area (Å²) < 4.78 is 6.31. The maximum absolute atomic E-state index is 6.31. The first-order valence-electron chi connectivity index (χ1n) is 13.7. The Kier molecular flexibility index (Phi) is 9.76. The Hall–Kier alpha value is -3.59. The minimum Gasteiger partial charge on any atom is -0.493 e. The maximum atomic E-state index is 6.31. The fourth-order valence-corrected chi connectivity index (χ4v) is 4.59. The van der Waals surface area contributed by atoms with Gasteiger partial charge in [-0.05, 0) is 53.9 Å². The van der Waals surface area contributed by atoms with E-state index in [1.165, 1.54) is 49.8 Å². The van der Waals surface area contributed by atoms with Crippen molar-refractivity contribution in [2.75, 3.05) is 25.6 Å². The molecule has 0 unspecified atom stereocenters. The summed E-state index contributed by atoms with van der Waals surface area (Å²) in [5.41, 5.74) is 7.55. The normalized spacial score (nSPS) is 10.9. The van der Waals surface area contributed by atoms with Crippen LogP contribution in [0, 0.1) is 0 Å². The second-order valence-corrected chi connectivity index (χ2v) is 9.90. The number of para-hydroxylation sites is 1. The summed E-state index contributed by atoms with van der Waals surface area (Å²) in [5.74, 6) is 0.903.